The molecule has 0 amide bonds. The SMILES string of the molecule is COc1ccccc1CSc1ccc(C(=O)CC(C)C)cc1. The van der Waals surface area contributed by atoms with Crippen molar-refractivity contribution in [3.63, 3.8) is 0 Å². The minimum atomic E-state index is 0.219. The van der Waals surface area contributed by atoms with Crippen molar-refractivity contribution in [1.29, 1.82) is 0 Å². The number of carbonyl (C=O) groups excluding carboxylic acids is 1. The Hall–Kier alpha value is -1.74. The summed E-state index contributed by atoms with van der Waals surface area (Å²) in [5, 5.41) is 0. The van der Waals surface area contributed by atoms with Gasteiger partial charge in [0.15, 0.2) is 5.78 Å². The molecule has 0 heterocycles. The lowest BCUT2D eigenvalue weighted by atomic mass is 10.0. The Labute approximate surface area is 136 Å². The molecular weight excluding hydrogens is 292 g/mol. The van der Waals surface area contributed by atoms with Gasteiger partial charge < -0.3 is 4.74 Å². The van der Waals surface area contributed by atoms with E-state index in [1.54, 1.807) is 18.9 Å². The van der Waals surface area contributed by atoms with Crippen LogP contribution in [-0.4, -0.2) is 12.9 Å². The summed E-state index contributed by atoms with van der Waals surface area (Å²) in [6, 6.07) is 15.9. The second kappa shape index (κ2) is 8.04. The van der Waals surface area contributed by atoms with Gasteiger partial charge in [-0.15, -0.1) is 11.8 Å². The first-order valence-electron chi connectivity index (χ1n) is 7.48. The molecule has 0 aliphatic heterocycles. The molecule has 0 N–H and O–H groups in total. The van der Waals surface area contributed by atoms with Gasteiger partial charge in [-0.3, -0.25) is 4.79 Å². The van der Waals surface area contributed by atoms with Gasteiger partial charge in [0, 0.05) is 28.2 Å². The fourth-order valence-electron chi connectivity index (χ4n) is 2.21. The van der Waals surface area contributed by atoms with E-state index in [0.717, 1.165) is 22.0 Å². The first-order chi connectivity index (χ1) is 10.6. The zero-order valence-corrected chi connectivity index (χ0v) is 14.2. The highest BCUT2D eigenvalue weighted by molar-refractivity contribution is 7.98. The van der Waals surface area contributed by atoms with E-state index in [0.29, 0.717) is 12.3 Å². The van der Waals surface area contributed by atoms with E-state index in [1.807, 2.05) is 42.5 Å². The number of thioether (sulfide) groups is 1. The number of carbonyl (C=O) groups is 1. The quantitative estimate of drug-likeness (QED) is 0.518. The number of hydrogen-bond acceptors (Lipinski definition) is 3. The Morgan fingerprint density at radius 2 is 1.77 bits per heavy atom. The van der Waals surface area contributed by atoms with Crippen molar-refractivity contribution < 1.29 is 9.53 Å². The molecule has 0 aromatic heterocycles. The zero-order chi connectivity index (χ0) is 15.9. The molecule has 0 saturated heterocycles. The molecule has 2 aromatic carbocycles. The van der Waals surface area contributed by atoms with Gasteiger partial charge >= 0.3 is 0 Å². The fraction of sp³-hybridized carbons (Fsp3) is 0.316. The van der Waals surface area contributed by atoms with E-state index in [4.69, 9.17) is 4.74 Å². The molecule has 0 bridgehead atoms. The number of ether oxygens (including phenoxy) is 1. The Morgan fingerprint density at radius 3 is 2.41 bits per heavy atom. The van der Waals surface area contributed by atoms with Crippen LogP contribution in [-0.2, 0) is 5.75 Å². The number of Topliss-reactive ketones (excluding diaryl/α,β-unsaturated/α-hetero) is 1. The summed E-state index contributed by atoms with van der Waals surface area (Å²) in [7, 11) is 1.69. The van der Waals surface area contributed by atoms with E-state index >= 15 is 0 Å². The molecule has 2 rings (SSSR count). The maximum absolute atomic E-state index is 12.0. The van der Waals surface area contributed by atoms with E-state index < -0.39 is 0 Å². The molecule has 2 aromatic rings. The van der Waals surface area contributed by atoms with Crippen LogP contribution in [0.4, 0.5) is 0 Å². The Kier molecular flexibility index (Phi) is 6.08. The highest BCUT2D eigenvalue weighted by Crippen LogP contribution is 2.28. The van der Waals surface area contributed by atoms with Crippen LogP contribution in [0, 0.1) is 5.92 Å². The van der Waals surface area contributed by atoms with Gasteiger partial charge in [-0.1, -0.05) is 44.2 Å². The van der Waals surface area contributed by atoms with Crippen LogP contribution in [0.2, 0.25) is 0 Å². The summed E-state index contributed by atoms with van der Waals surface area (Å²) in [5.74, 6) is 2.38. The van der Waals surface area contributed by atoms with E-state index in [1.165, 1.54) is 5.56 Å². The van der Waals surface area contributed by atoms with Crippen molar-refractivity contribution >= 4 is 17.5 Å². The number of ketones is 1. The van der Waals surface area contributed by atoms with Crippen LogP contribution in [0.3, 0.4) is 0 Å². The van der Waals surface area contributed by atoms with Crippen molar-refractivity contribution in [3.8, 4) is 5.75 Å². The molecule has 0 unspecified atom stereocenters. The minimum Gasteiger partial charge on any atom is -0.496 e. The molecule has 3 heteroatoms. The predicted molar refractivity (Wildman–Crippen MR) is 92.8 cm³/mol. The summed E-state index contributed by atoms with van der Waals surface area (Å²) >= 11 is 1.75. The lowest BCUT2D eigenvalue weighted by Crippen LogP contribution is -2.03. The second-order valence-corrected chi connectivity index (χ2v) is 6.69. The van der Waals surface area contributed by atoms with Gasteiger partial charge in [-0.25, -0.2) is 0 Å². The highest BCUT2D eigenvalue weighted by atomic mass is 32.2. The van der Waals surface area contributed by atoms with E-state index in [9.17, 15) is 4.79 Å². The van der Waals surface area contributed by atoms with E-state index in [2.05, 4.69) is 19.9 Å². The lowest BCUT2D eigenvalue weighted by molar-refractivity contribution is 0.0968. The van der Waals surface area contributed by atoms with Crippen LogP contribution in [0.25, 0.3) is 0 Å². The largest absolute Gasteiger partial charge is 0.496 e. The predicted octanol–water partition coefficient (Wildman–Crippen LogP) is 5.22. The van der Waals surface area contributed by atoms with Gasteiger partial charge in [-0.2, -0.15) is 0 Å². The molecule has 0 aliphatic carbocycles. The number of methoxy groups -OCH3 is 1. The third-order valence-corrected chi connectivity index (χ3v) is 4.42. The summed E-state index contributed by atoms with van der Waals surface area (Å²) in [4.78, 5) is 13.2. The van der Waals surface area contributed by atoms with Crippen molar-refractivity contribution in [2.24, 2.45) is 5.92 Å². The summed E-state index contributed by atoms with van der Waals surface area (Å²) < 4.78 is 5.36. The number of rotatable bonds is 7. The third-order valence-electron chi connectivity index (χ3n) is 3.36. The van der Waals surface area contributed by atoms with Crippen molar-refractivity contribution in [1.82, 2.24) is 0 Å². The van der Waals surface area contributed by atoms with Crippen LogP contribution < -0.4 is 4.74 Å². The van der Waals surface area contributed by atoms with Crippen molar-refractivity contribution in [2.75, 3.05) is 7.11 Å². The zero-order valence-electron chi connectivity index (χ0n) is 13.3. The molecule has 0 spiro atoms. The topological polar surface area (TPSA) is 26.3 Å². The standard InChI is InChI=1S/C19H22O2S/c1-14(2)12-18(20)15-8-10-17(11-9-15)22-13-16-6-4-5-7-19(16)21-3/h4-11,14H,12-13H2,1-3H3. The molecular formula is C19H22O2S. The number of para-hydroxylation sites is 1. The van der Waals surface area contributed by atoms with Crippen LogP contribution in [0.15, 0.2) is 53.4 Å². The first-order valence-corrected chi connectivity index (χ1v) is 8.46. The Morgan fingerprint density at radius 1 is 1.09 bits per heavy atom. The minimum absolute atomic E-state index is 0.219. The Bertz CT molecular complexity index is 618. The summed E-state index contributed by atoms with van der Waals surface area (Å²) in [6.07, 6.45) is 0.605. The third kappa shape index (κ3) is 4.63. The second-order valence-electron chi connectivity index (χ2n) is 5.65. The van der Waals surface area contributed by atoms with Crippen LogP contribution in [0.5, 0.6) is 5.75 Å². The normalized spacial score (nSPS) is 10.7. The first kappa shape index (κ1) is 16.6. The molecule has 0 fully saturated rings. The number of hydrogen-bond donors (Lipinski definition) is 0. The van der Waals surface area contributed by atoms with Crippen LogP contribution in [0.1, 0.15) is 36.2 Å². The molecule has 22 heavy (non-hydrogen) atoms. The van der Waals surface area contributed by atoms with Gasteiger partial charge in [0.25, 0.3) is 0 Å². The molecule has 0 saturated carbocycles. The molecule has 2 nitrogen and oxygen atoms in total. The number of benzene rings is 2. The van der Waals surface area contributed by atoms with Gasteiger partial charge in [-0.05, 0) is 24.1 Å². The van der Waals surface area contributed by atoms with Gasteiger partial charge in [0.2, 0.25) is 0 Å². The monoisotopic (exact) mass is 314 g/mol. The van der Waals surface area contributed by atoms with Crippen molar-refractivity contribution in [2.45, 2.75) is 30.9 Å². The molecule has 0 aliphatic rings. The van der Waals surface area contributed by atoms with Gasteiger partial charge in [0.1, 0.15) is 5.75 Å². The Balaban J connectivity index is 1.98. The molecule has 116 valence electrons. The average molecular weight is 314 g/mol. The maximum Gasteiger partial charge on any atom is 0.163 e. The lowest BCUT2D eigenvalue weighted by Gasteiger charge is -2.08. The maximum atomic E-state index is 12.0. The molecule has 0 atom stereocenters. The van der Waals surface area contributed by atoms with E-state index in [-0.39, 0.29) is 5.78 Å². The summed E-state index contributed by atoms with van der Waals surface area (Å²) in [6.45, 7) is 4.13. The average Bonchev–Trinajstić information content (AvgIpc) is 2.53. The highest BCUT2D eigenvalue weighted by Gasteiger charge is 2.08. The summed E-state index contributed by atoms with van der Waals surface area (Å²) in [5.41, 5.74) is 1.98. The van der Waals surface area contributed by atoms with Crippen molar-refractivity contribution in [3.05, 3.63) is 59.7 Å². The fourth-order valence-corrected chi connectivity index (χ4v) is 3.10. The van der Waals surface area contributed by atoms with Crippen LogP contribution >= 0.6 is 11.8 Å². The smallest absolute Gasteiger partial charge is 0.163 e. The van der Waals surface area contributed by atoms with Gasteiger partial charge in [0.05, 0.1) is 7.11 Å². The molecule has 0 radical (unpaired) electrons.